The number of aryl methyl sites for hydroxylation is 2. The Labute approximate surface area is 176 Å². The second kappa shape index (κ2) is 8.80. The number of benzene rings is 2. The van der Waals surface area contributed by atoms with Gasteiger partial charge in [0.1, 0.15) is 5.82 Å². The first kappa shape index (κ1) is 21.7. The van der Waals surface area contributed by atoms with Crippen LogP contribution in [-0.2, 0) is 14.6 Å². The predicted molar refractivity (Wildman–Crippen MR) is 112 cm³/mol. The van der Waals surface area contributed by atoms with Crippen molar-refractivity contribution in [1.82, 2.24) is 9.97 Å². The number of amides is 1. The number of aromatic amines is 1. The van der Waals surface area contributed by atoms with Gasteiger partial charge in [-0.3, -0.25) is 9.59 Å². The molecule has 0 aliphatic rings. The third-order valence-corrected chi connectivity index (χ3v) is 6.90. The van der Waals surface area contributed by atoms with Gasteiger partial charge < -0.3 is 10.3 Å². The Bertz CT molecular complexity index is 1270. The van der Waals surface area contributed by atoms with Crippen molar-refractivity contribution in [3.8, 4) is 0 Å². The van der Waals surface area contributed by atoms with Gasteiger partial charge in [0.25, 0.3) is 5.56 Å². The number of nitrogens with one attached hydrogen (secondary N) is 2. The van der Waals surface area contributed by atoms with Crippen molar-refractivity contribution in [3.05, 3.63) is 76.0 Å². The Morgan fingerprint density at radius 1 is 1.17 bits per heavy atom. The number of thioether (sulfide) groups is 1. The van der Waals surface area contributed by atoms with E-state index in [2.05, 4.69) is 15.3 Å². The number of hydrogen-bond donors (Lipinski definition) is 2. The number of halogens is 1. The van der Waals surface area contributed by atoms with Crippen LogP contribution in [0.25, 0.3) is 0 Å². The molecule has 1 aromatic heterocycles. The van der Waals surface area contributed by atoms with E-state index in [4.69, 9.17) is 0 Å². The van der Waals surface area contributed by atoms with E-state index < -0.39 is 32.0 Å². The topological polar surface area (TPSA) is 109 Å². The van der Waals surface area contributed by atoms with Crippen LogP contribution in [0, 0.1) is 19.7 Å². The fourth-order valence-corrected chi connectivity index (χ4v) is 4.49. The van der Waals surface area contributed by atoms with Gasteiger partial charge in [0.2, 0.25) is 15.7 Å². The van der Waals surface area contributed by atoms with E-state index in [9.17, 15) is 22.4 Å². The smallest absolute Gasteiger partial charge is 0.270 e. The maximum absolute atomic E-state index is 13.2. The van der Waals surface area contributed by atoms with Crippen LogP contribution in [0.3, 0.4) is 0 Å². The predicted octanol–water partition coefficient (Wildman–Crippen LogP) is 3.09. The average molecular weight is 448 g/mol. The van der Waals surface area contributed by atoms with E-state index in [1.165, 1.54) is 36.4 Å². The molecule has 1 heterocycles. The molecule has 3 aromatic rings. The molecule has 0 saturated carbocycles. The lowest BCUT2D eigenvalue weighted by molar-refractivity contribution is -0.113. The quantitative estimate of drug-likeness (QED) is 0.444. The molecule has 2 aromatic carbocycles. The fourth-order valence-electron chi connectivity index (χ4n) is 2.54. The minimum atomic E-state index is -4.03. The molecule has 7 nitrogen and oxygen atoms in total. The summed E-state index contributed by atoms with van der Waals surface area (Å²) in [6.07, 6.45) is 0.982. The zero-order valence-corrected chi connectivity index (χ0v) is 17.7. The molecule has 0 atom stereocenters. The maximum Gasteiger partial charge on any atom is 0.270 e. The van der Waals surface area contributed by atoms with E-state index in [0.29, 0.717) is 5.69 Å². The number of aromatic nitrogens is 2. The molecule has 1 amide bonds. The Kier molecular flexibility index (Phi) is 6.37. The summed E-state index contributed by atoms with van der Waals surface area (Å²) in [7, 11) is -4.03. The lowest BCUT2D eigenvalue weighted by atomic mass is 10.1. The van der Waals surface area contributed by atoms with Crippen molar-refractivity contribution in [2.24, 2.45) is 0 Å². The lowest BCUT2D eigenvalue weighted by Gasteiger charge is -2.07. The van der Waals surface area contributed by atoms with Crippen LogP contribution in [0.4, 0.5) is 10.1 Å². The molecule has 0 fully saturated rings. The summed E-state index contributed by atoms with van der Waals surface area (Å²) in [6.45, 7) is 3.64. The van der Waals surface area contributed by atoms with Crippen LogP contribution >= 0.6 is 11.8 Å². The molecule has 0 radical (unpaired) electrons. The minimum Gasteiger partial charge on any atom is -0.325 e. The van der Waals surface area contributed by atoms with Gasteiger partial charge in [-0.05, 0) is 55.3 Å². The molecule has 0 aliphatic heterocycles. The summed E-state index contributed by atoms with van der Waals surface area (Å²) in [4.78, 5) is 30.2. The Hall–Kier alpha value is -2.98. The number of carbonyl (C=O) groups is 1. The summed E-state index contributed by atoms with van der Waals surface area (Å²) in [6, 6.07) is 10.1. The molecule has 0 bridgehead atoms. The van der Waals surface area contributed by atoms with E-state index >= 15 is 0 Å². The van der Waals surface area contributed by atoms with Crippen molar-refractivity contribution in [1.29, 1.82) is 0 Å². The first-order chi connectivity index (χ1) is 14.2. The average Bonchev–Trinajstić information content (AvgIpc) is 2.68. The van der Waals surface area contributed by atoms with Gasteiger partial charge in [0, 0.05) is 5.69 Å². The van der Waals surface area contributed by atoms with Crippen molar-refractivity contribution in [3.63, 3.8) is 0 Å². The van der Waals surface area contributed by atoms with Gasteiger partial charge >= 0.3 is 0 Å². The molecule has 3 rings (SSSR count). The van der Waals surface area contributed by atoms with Crippen molar-refractivity contribution in [2.45, 2.75) is 28.8 Å². The number of carbonyl (C=O) groups excluding carboxylic acids is 1. The maximum atomic E-state index is 13.2. The number of nitrogens with zero attached hydrogens (tertiary/aromatic N) is 1. The Morgan fingerprint density at radius 3 is 2.60 bits per heavy atom. The minimum absolute atomic E-state index is 0.00720. The molecular formula is C20H18FN3O4S2. The van der Waals surface area contributed by atoms with E-state index in [1.807, 2.05) is 6.92 Å². The Morgan fingerprint density at radius 2 is 1.93 bits per heavy atom. The van der Waals surface area contributed by atoms with Crippen LogP contribution in [0.1, 0.15) is 11.1 Å². The SMILES string of the molecule is Cc1ccc(S(=O)(=O)c2cnc(SCC(=O)Nc3cccc(F)c3)[nH]c2=O)cc1C. The molecule has 0 spiro atoms. The first-order valence-electron chi connectivity index (χ1n) is 8.77. The summed E-state index contributed by atoms with van der Waals surface area (Å²) < 4.78 is 38.7. The third-order valence-electron chi connectivity index (χ3n) is 4.27. The van der Waals surface area contributed by atoms with Crippen LogP contribution in [0.5, 0.6) is 0 Å². The molecule has 10 heteroatoms. The van der Waals surface area contributed by atoms with Gasteiger partial charge in [-0.25, -0.2) is 17.8 Å². The van der Waals surface area contributed by atoms with Crippen molar-refractivity contribution in [2.75, 3.05) is 11.1 Å². The van der Waals surface area contributed by atoms with Gasteiger partial charge in [-0.1, -0.05) is 23.9 Å². The zero-order valence-electron chi connectivity index (χ0n) is 16.1. The largest absolute Gasteiger partial charge is 0.325 e. The van der Waals surface area contributed by atoms with Crippen LogP contribution < -0.4 is 10.9 Å². The second-order valence-corrected chi connectivity index (χ2v) is 9.36. The normalized spacial score (nSPS) is 11.3. The number of sulfone groups is 1. The third kappa shape index (κ3) is 4.95. The molecule has 156 valence electrons. The molecular weight excluding hydrogens is 429 g/mol. The zero-order chi connectivity index (χ0) is 21.9. The summed E-state index contributed by atoms with van der Waals surface area (Å²) in [5, 5.41) is 2.61. The summed E-state index contributed by atoms with van der Waals surface area (Å²) in [5.74, 6) is -1.02. The first-order valence-corrected chi connectivity index (χ1v) is 11.2. The van der Waals surface area contributed by atoms with Gasteiger partial charge in [-0.15, -0.1) is 0 Å². The van der Waals surface area contributed by atoms with E-state index in [1.54, 1.807) is 13.0 Å². The highest BCUT2D eigenvalue weighted by Gasteiger charge is 2.23. The summed E-state index contributed by atoms with van der Waals surface area (Å²) in [5.41, 5.74) is 1.20. The number of anilines is 1. The lowest BCUT2D eigenvalue weighted by Crippen LogP contribution is -2.20. The highest BCUT2D eigenvalue weighted by Crippen LogP contribution is 2.21. The van der Waals surface area contributed by atoms with Gasteiger partial charge in [0.15, 0.2) is 10.1 Å². The van der Waals surface area contributed by atoms with Crippen LogP contribution in [0.15, 0.2) is 68.4 Å². The van der Waals surface area contributed by atoms with Gasteiger partial charge in [0.05, 0.1) is 16.8 Å². The molecule has 0 saturated heterocycles. The molecule has 2 N–H and O–H groups in total. The fraction of sp³-hybridized carbons (Fsp3) is 0.150. The second-order valence-electron chi connectivity index (χ2n) is 6.48. The van der Waals surface area contributed by atoms with Gasteiger partial charge in [-0.2, -0.15) is 0 Å². The number of H-pyrrole nitrogens is 1. The molecule has 0 unspecified atom stereocenters. The Balaban J connectivity index is 1.72. The molecule has 0 aliphatic carbocycles. The monoisotopic (exact) mass is 447 g/mol. The van der Waals surface area contributed by atoms with Crippen molar-refractivity contribution >= 4 is 33.2 Å². The molecule has 30 heavy (non-hydrogen) atoms. The highest BCUT2D eigenvalue weighted by atomic mass is 32.2. The van der Waals surface area contributed by atoms with Crippen LogP contribution in [-0.4, -0.2) is 30.0 Å². The standard InChI is InChI=1S/C20H18FN3O4S2/c1-12-6-7-16(8-13(12)2)30(27,28)17-10-22-20(24-19(17)26)29-11-18(25)23-15-5-3-4-14(21)9-15/h3-10H,11H2,1-2H3,(H,23,25)(H,22,24,26). The van der Waals surface area contributed by atoms with Crippen LogP contribution in [0.2, 0.25) is 0 Å². The van der Waals surface area contributed by atoms with Crippen molar-refractivity contribution < 1.29 is 17.6 Å². The highest BCUT2D eigenvalue weighted by molar-refractivity contribution is 7.99. The number of hydrogen-bond acceptors (Lipinski definition) is 6. The van der Waals surface area contributed by atoms with E-state index in [0.717, 1.165) is 29.1 Å². The number of rotatable bonds is 6. The van der Waals surface area contributed by atoms with E-state index in [-0.39, 0.29) is 15.8 Å². The summed E-state index contributed by atoms with van der Waals surface area (Å²) >= 11 is 0.918.